The number of para-hydroxylation sites is 1. The fourth-order valence-electron chi connectivity index (χ4n) is 5.09. The summed E-state index contributed by atoms with van der Waals surface area (Å²) in [5.74, 6) is 1.36. The number of aryl methyl sites for hydroxylation is 1. The fraction of sp³-hybridized carbons (Fsp3) is 0.615. The van der Waals surface area contributed by atoms with Gasteiger partial charge >= 0.3 is 0 Å². The van der Waals surface area contributed by atoms with Crippen molar-refractivity contribution >= 4 is 23.3 Å². The highest BCUT2D eigenvalue weighted by atomic mass is 32.1. The minimum absolute atomic E-state index is 0.00279. The first-order valence-corrected chi connectivity index (χ1v) is 13.5. The summed E-state index contributed by atoms with van der Waals surface area (Å²) in [5, 5.41) is 10.3. The highest BCUT2D eigenvalue weighted by molar-refractivity contribution is 7.05. The van der Waals surface area contributed by atoms with Crippen molar-refractivity contribution in [3.05, 3.63) is 40.4 Å². The molecule has 0 saturated carbocycles. The number of carbonyl (C=O) groups excluding carboxylic acids is 2. The summed E-state index contributed by atoms with van der Waals surface area (Å²) >= 11 is 1.34. The van der Waals surface area contributed by atoms with Crippen molar-refractivity contribution in [2.75, 3.05) is 32.8 Å². The molecule has 2 amide bonds. The molecule has 0 atom stereocenters. The second-order valence-electron chi connectivity index (χ2n) is 9.99. The minimum Gasteiger partial charge on any atom is -0.491 e. The van der Waals surface area contributed by atoms with Gasteiger partial charge in [-0.25, -0.2) is 0 Å². The van der Waals surface area contributed by atoms with Gasteiger partial charge in [0.2, 0.25) is 11.8 Å². The van der Waals surface area contributed by atoms with Crippen LogP contribution in [0.2, 0.25) is 0 Å². The van der Waals surface area contributed by atoms with E-state index in [0.29, 0.717) is 26.2 Å². The van der Waals surface area contributed by atoms with Gasteiger partial charge in [0, 0.05) is 0 Å². The summed E-state index contributed by atoms with van der Waals surface area (Å²) in [5.41, 5.74) is 1.84. The predicted molar refractivity (Wildman–Crippen MR) is 136 cm³/mol. The average Bonchev–Trinajstić information content (AvgIpc) is 3.33. The van der Waals surface area contributed by atoms with Crippen molar-refractivity contribution in [1.82, 2.24) is 25.1 Å². The van der Waals surface area contributed by atoms with Crippen molar-refractivity contribution in [2.45, 2.75) is 64.8 Å². The van der Waals surface area contributed by atoms with E-state index >= 15 is 0 Å². The van der Waals surface area contributed by atoms with E-state index in [2.05, 4.69) is 51.1 Å². The predicted octanol–water partition coefficient (Wildman–Crippen LogP) is 3.28. The van der Waals surface area contributed by atoms with E-state index in [4.69, 9.17) is 4.74 Å². The summed E-state index contributed by atoms with van der Waals surface area (Å²) < 4.78 is 9.97. The van der Waals surface area contributed by atoms with E-state index in [1.54, 1.807) is 0 Å². The van der Waals surface area contributed by atoms with Crippen LogP contribution in [0.15, 0.2) is 24.3 Å². The van der Waals surface area contributed by atoms with Gasteiger partial charge < -0.3 is 15.4 Å². The molecular formula is C26H37N5O3S. The molecule has 0 bridgehead atoms. The van der Waals surface area contributed by atoms with Crippen LogP contribution < -0.4 is 15.4 Å². The fourth-order valence-corrected chi connectivity index (χ4v) is 5.82. The van der Waals surface area contributed by atoms with E-state index in [9.17, 15) is 9.59 Å². The Morgan fingerprint density at radius 3 is 2.83 bits per heavy atom. The summed E-state index contributed by atoms with van der Waals surface area (Å²) in [6, 6.07) is 8.19. The van der Waals surface area contributed by atoms with Gasteiger partial charge in [-0.3, -0.25) is 14.5 Å². The van der Waals surface area contributed by atoms with Crippen molar-refractivity contribution < 1.29 is 14.3 Å². The number of amides is 2. The molecule has 1 fully saturated rings. The SMILES string of the molecule is CC(C)c1nnsc1CNC(=O)CN1CCC2(CCCCc3ccccc3OCCNC2=O)CC1. The Morgan fingerprint density at radius 1 is 1.23 bits per heavy atom. The van der Waals surface area contributed by atoms with E-state index in [0.717, 1.165) is 67.9 Å². The maximum atomic E-state index is 13.2. The number of rotatable bonds is 5. The Bertz CT molecular complexity index is 1000. The Labute approximate surface area is 212 Å². The lowest BCUT2D eigenvalue weighted by molar-refractivity contribution is -0.135. The number of hydrogen-bond acceptors (Lipinski definition) is 7. The molecule has 1 saturated heterocycles. The number of aromatic nitrogens is 2. The molecule has 1 aromatic heterocycles. The first kappa shape index (κ1) is 25.6. The smallest absolute Gasteiger partial charge is 0.234 e. The molecule has 2 aliphatic heterocycles. The number of hydrogen-bond donors (Lipinski definition) is 2. The topological polar surface area (TPSA) is 96.5 Å². The monoisotopic (exact) mass is 499 g/mol. The molecule has 1 spiro atoms. The third-order valence-electron chi connectivity index (χ3n) is 7.21. The number of ether oxygens (including phenoxy) is 1. The zero-order valence-corrected chi connectivity index (χ0v) is 21.7. The maximum absolute atomic E-state index is 13.2. The Balaban J connectivity index is 1.28. The summed E-state index contributed by atoms with van der Waals surface area (Å²) in [7, 11) is 0. The van der Waals surface area contributed by atoms with Crippen LogP contribution in [-0.4, -0.2) is 59.1 Å². The zero-order valence-electron chi connectivity index (χ0n) is 20.8. The van der Waals surface area contributed by atoms with Crippen LogP contribution in [0.1, 0.15) is 68.0 Å². The molecule has 4 rings (SSSR count). The van der Waals surface area contributed by atoms with Gasteiger partial charge in [-0.1, -0.05) is 43.0 Å². The molecule has 190 valence electrons. The van der Waals surface area contributed by atoms with E-state index < -0.39 is 0 Å². The van der Waals surface area contributed by atoms with Gasteiger partial charge in [0.1, 0.15) is 12.4 Å². The molecule has 0 aliphatic carbocycles. The minimum atomic E-state index is -0.355. The second kappa shape index (κ2) is 11.9. The van der Waals surface area contributed by atoms with Crippen LogP contribution in [0.25, 0.3) is 0 Å². The largest absolute Gasteiger partial charge is 0.491 e. The lowest BCUT2D eigenvalue weighted by Crippen LogP contribution is -2.51. The van der Waals surface area contributed by atoms with Gasteiger partial charge in [-0.15, -0.1) is 5.10 Å². The first-order chi connectivity index (χ1) is 17.0. The summed E-state index contributed by atoms with van der Waals surface area (Å²) in [4.78, 5) is 29.0. The third-order valence-corrected chi connectivity index (χ3v) is 7.95. The van der Waals surface area contributed by atoms with Gasteiger partial charge in [0.15, 0.2) is 0 Å². The van der Waals surface area contributed by atoms with Crippen molar-refractivity contribution in [1.29, 1.82) is 0 Å². The van der Waals surface area contributed by atoms with Crippen LogP contribution in [0.4, 0.5) is 0 Å². The molecule has 3 heterocycles. The van der Waals surface area contributed by atoms with Gasteiger partial charge in [0.25, 0.3) is 0 Å². The number of carbonyl (C=O) groups is 2. The number of nitrogens with one attached hydrogen (secondary N) is 2. The second-order valence-corrected chi connectivity index (χ2v) is 10.8. The number of nitrogens with zero attached hydrogens (tertiary/aromatic N) is 3. The lowest BCUT2D eigenvalue weighted by Gasteiger charge is -2.40. The van der Waals surface area contributed by atoms with Crippen molar-refractivity contribution in [3.8, 4) is 5.75 Å². The molecule has 9 heteroatoms. The molecule has 2 aromatic rings. The standard InChI is InChI=1S/C26H37N5O3S/c1-19(2)24-22(35-30-29-24)17-28-23(32)18-31-14-11-26(12-15-31)10-6-5-8-20-7-3-4-9-21(20)34-16-13-27-25(26)33/h3-4,7,9,19H,5-6,8,10-18H2,1-2H3,(H,27,33)(H,28,32). The molecule has 35 heavy (non-hydrogen) atoms. The number of piperidine rings is 1. The van der Waals surface area contributed by atoms with Gasteiger partial charge in [0.05, 0.1) is 35.6 Å². The summed E-state index contributed by atoms with van der Waals surface area (Å²) in [6.45, 7) is 7.46. The van der Waals surface area contributed by atoms with Crippen LogP contribution in [-0.2, 0) is 22.6 Å². The maximum Gasteiger partial charge on any atom is 0.234 e. The molecule has 8 nitrogen and oxygen atoms in total. The quantitative estimate of drug-likeness (QED) is 0.656. The molecule has 0 radical (unpaired) electrons. The molecule has 2 N–H and O–H groups in total. The van der Waals surface area contributed by atoms with Crippen LogP contribution in [0.3, 0.4) is 0 Å². The van der Waals surface area contributed by atoms with Gasteiger partial charge in [-0.2, -0.15) is 0 Å². The Hall–Kier alpha value is -2.52. The van der Waals surface area contributed by atoms with Gasteiger partial charge in [-0.05, 0) is 74.3 Å². The van der Waals surface area contributed by atoms with Crippen molar-refractivity contribution in [2.24, 2.45) is 5.41 Å². The van der Waals surface area contributed by atoms with Crippen molar-refractivity contribution in [3.63, 3.8) is 0 Å². The molecule has 0 unspecified atom stereocenters. The number of benzene rings is 1. The Morgan fingerprint density at radius 2 is 2.03 bits per heavy atom. The highest BCUT2D eigenvalue weighted by Crippen LogP contribution is 2.37. The molecular weight excluding hydrogens is 462 g/mol. The highest BCUT2D eigenvalue weighted by Gasteiger charge is 2.41. The van der Waals surface area contributed by atoms with E-state index in [-0.39, 0.29) is 23.1 Å². The molecule has 2 aliphatic rings. The van der Waals surface area contributed by atoms with E-state index in [1.165, 1.54) is 17.1 Å². The number of likely N-dealkylation sites (tertiary alicyclic amines) is 1. The number of fused-ring (bicyclic) bond motifs is 1. The summed E-state index contributed by atoms with van der Waals surface area (Å²) in [6.07, 6.45) is 5.45. The van der Waals surface area contributed by atoms with Crippen LogP contribution >= 0.6 is 11.5 Å². The zero-order chi connectivity index (χ0) is 24.7. The van der Waals surface area contributed by atoms with Crippen LogP contribution in [0, 0.1) is 5.41 Å². The lowest BCUT2D eigenvalue weighted by atomic mass is 9.73. The third kappa shape index (κ3) is 6.58. The first-order valence-electron chi connectivity index (χ1n) is 12.8. The normalized spacial score (nSPS) is 19.2. The van der Waals surface area contributed by atoms with Crippen LogP contribution in [0.5, 0.6) is 5.75 Å². The van der Waals surface area contributed by atoms with E-state index in [1.807, 2.05) is 12.1 Å². The molecule has 1 aromatic carbocycles. The average molecular weight is 500 g/mol. The Kier molecular flexibility index (Phi) is 8.73.